The van der Waals surface area contributed by atoms with Crippen LogP contribution in [0.2, 0.25) is 0 Å². The van der Waals surface area contributed by atoms with Gasteiger partial charge in [0.1, 0.15) is 5.75 Å². The lowest BCUT2D eigenvalue weighted by atomic mass is 10.1. The highest BCUT2D eigenvalue weighted by Crippen LogP contribution is 2.29. The third kappa shape index (κ3) is 3.04. The van der Waals surface area contributed by atoms with Crippen molar-refractivity contribution in [2.24, 2.45) is 0 Å². The van der Waals surface area contributed by atoms with Gasteiger partial charge in [-0.2, -0.15) is 0 Å². The fourth-order valence-electron chi connectivity index (χ4n) is 2.61. The minimum absolute atomic E-state index is 0.198. The molecule has 0 unspecified atom stereocenters. The summed E-state index contributed by atoms with van der Waals surface area (Å²) in [4.78, 5) is 21.5. The molecule has 1 amide bonds. The van der Waals surface area contributed by atoms with Crippen LogP contribution in [0.3, 0.4) is 0 Å². The van der Waals surface area contributed by atoms with Crippen LogP contribution < -0.4 is 10.1 Å². The van der Waals surface area contributed by atoms with E-state index in [1.54, 1.807) is 19.2 Å². The van der Waals surface area contributed by atoms with E-state index in [0.717, 1.165) is 32.6 Å². The van der Waals surface area contributed by atoms with Gasteiger partial charge in [-0.25, -0.2) is 4.98 Å². The number of hydrogen-bond donors (Lipinski definition) is 1. The van der Waals surface area contributed by atoms with E-state index >= 15 is 0 Å². The van der Waals surface area contributed by atoms with Crippen LogP contribution in [0.5, 0.6) is 5.75 Å². The van der Waals surface area contributed by atoms with Crippen molar-refractivity contribution in [3.8, 4) is 5.75 Å². The molecular formula is C19H15N3O2S. The van der Waals surface area contributed by atoms with Crippen molar-refractivity contribution in [1.82, 2.24) is 9.97 Å². The zero-order chi connectivity index (χ0) is 17.4. The molecule has 0 bridgehead atoms. The van der Waals surface area contributed by atoms with E-state index in [2.05, 4.69) is 15.3 Å². The van der Waals surface area contributed by atoms with Gasteiger partial charge in [-0.05, 0) is 43.3 Å². The quantitative estimate of drug-likeness (QED) is 0.595. The Kier molecular flexibility index (Phi) is 3.82. The number of amides is 1. The van der Waals surface area contributed by atoms with Crippen LogP contribution in [-0.4, -0.2) is 23.0 Å². The van der Waals surface area contributed by atoms with Gasteiger partial charge in [-0.3, -0.25) is 15.1 Å². The van der Waals surface area contributed by atoms with Crippen molar-refractivity contribution in [3.63, 3.8) is 0 Å². The van der Waals surface area contributed by atoms with Crippen LogP contribution in [0.25, 0.3) is 21.1 Å². The maximum absolute atomic E-state index is 12.5. The van der Waals surface area contributed by atoms with Crippen molar-refractivity contribution in [2.75, 3.05) is 12.4 Å². The van der Waals surface area contributed by atoms with Crippen molar-refractivity contribution in [3.05, 3.63) is 59.8 Å². The zero-order valence-corrected chi connectivity index (χ0v) is 14.6. The van der Waals surface area contributed by atoms with Crippen LogP contribution in [0.1, 0.15) is 16.1 Å². The number of rotatable bonds is 3. The molecule has 0 aliphatic rings. The topological polar surface area (TPSA) is 64.1 Å². The molecule has 124 valence electrons. The van der Waals surface area contributed by atoms with E-state index in [9.17, 15) is 4.79 Å². The molecular weight excluding hydrogens is 334 g/mol. The standard InChI is InChI=1S/C19H15N3O2S/c1-11-3-4-12-5-6-13(9-16(12)20-11)18(23)22-19-21-15-8-7-14(24-2)10-17(15)25-19/h3-10H,1-2H3,(H,21,22,23). The van der Waals surface area contributed by atoms with E-state index in [-0.39, 0.29) is 5.91 Å². The van der Waals surface area contributed by atoms with Gasteiger partial charge in [0.15, 0.2) is 5.13 Å². The van der Waals surface area contributed by atoms with Crippen molar-refractivity contribution in [2.45, 2.75) is 6.92 Å². The molecule has 6 heteroatoms. The third-order valence-corrected chi connectivity index (χ3v) is 4.84. The Bertz CT molecular complexity index is 1100. The number of aromatic nitrogens is 2. The van der Waals surface area contributed by atoms with Gasteiger partial charge < -0.3 is 4.74 Å². The summed E-state index contributed by atoms with van der Waals surface area (Å²) < 4.78 is 6.18. The Hall–Kier alpha value is -2.99. The molecule has 0 saturated carbocycles. The Morgan fingerprint density at radius 3 is 2.72 bits per heavy atom. The smallest absolute Gasteiger partial charge is 0.257 e. The number of carbonyl (C=O) groups is 1. The molecule has 0 atom stereocenters. The normalized spacial score (nSPS) is 11.0. The Morgan fingerprint density at radius 1 is 1.04 bits per heavy atom. The average molecular weight is 349 g/mol. The number of thiazole rings is 1. The molecule has 0 aliphatic heterocycles. The maximum Gasteiger partial charge on any atom is 0.257 e. The molecule has 2 aromatic carbocycles. The second-order valence-electron chi connectivity index (χ2n) is 5.67. The maximum atomic E-state index is 12.5. The van der Waals surface area contributed by atoms with Crippen molar-refractivity contribution < 1.29 is 9.53 Å². The van der Waals surface area contributed by atoms with Crippen LogP contribution in [0.15, 0.2) is 48.5 Å². The molecule has 0 saturated heterocycles. The molecule has 25 heavy (non-hydrogen) atoms. The van der Waals surface area contributed by atoms with Crippen LogP contribution in [0, 0.1) is 6.92 Å². The molecule has 0 radical (unpaired) electrons. The van der Waals surface area contributed by atoms with Gasteiger partial charge in [0.05, 0.1) is 22.8 Å². The fraction of sp³-hybridized carbons (Fsp3) is 0.105. The Morgan fingerprint density at radius 2 is 1.88 bits per heavy atom. The summed E-state index contributed by atoms with van der Waals surface area (Å²) in [5, 5.41) is 4.43. The van der Waals surface area contributed by atoms with E-state index in [4.69, 9.17) is 4.74 Å². The molecule has 0 fully saturated rings. The van der Waals surface area contributed by atoms with Gasteiger partial charge in [0.2, 0.25) is 0 Å². The number of carbonyl (C=O) groups excluding carboxylic acids is 1. The number of aryl methyl sites for hydroxylation is 1. The second-order valence-corrected chi connectivity index (χ2v) is 6.70. The van der Waals surface area contributed by atoms with E-state index in [0.29, 0.717) is 10.7 Å². The van der Waals surface area contributed by atoms with Gasteiger partial charge in [-0.1, -0.05) is 23.5 Å². The molecule has 0 aliphatic carbocycles. The minimum Gasteiger partial charge on any atom is -0.497 e. The molecule has 2 aromatic heterocycles. The number of nitrogens with zero attached hydrogens (tertiary/aromatic N) is 2. The van der Waals surface area contributed by atoms with E-state index in [1.165, 1.54) is 11.3 Å². The van der Waals surface area contributed by atoms with Gasteiger partial charge in [0.25, 0.3) is 5.91 Å². The highest BCUT2D eigenvalue weighted by molar-refractivity contribution is 7.22. The Balaban J connectivity index is 1.63. The molecule has 5 nitrogen and oxygen atoms in total. The number of pyridine rings is 1. The zero-order valence-electron chi connectivity index (χ0n) is 13.7. The largest absolute Gasteiger partial charge is 0.497 e. The predicted molar refractivity (Wildman–Crippen MR) is 101 cm³/mol. The summed E-state index contributed by atoms with van der Waals surface area (Å²) in [5.74, 6) is 0.571. The predicted octanol–water partition coefficient (Wildman–Crippen LogP) is 4.41. The minimum atomic E-state index is -0.198. The number of ether oxygens (including phenoxy) is 1. The highest BCUT2D eigenvalue weighted by Gasteiger charge is 2.11. The lowest BCUT2D eigenvalue weighted by Crippen LogP contribution is -2.11. The van der Waals surface area contributed by atoms with Crippen LogP contribution >= 0.6 is 11.3 Å². The molecule has 1 N–H and O–H groups in total. The first-order valence-electron chi connectivity index (χ1n) is 7.76. The summed E-state index contributed by atoms with van der Waals surface area (Å²) in [5.41, 5.74) is 3.12. The first-order chi connectivity index (χ1) is 12.1. The fourth-order valence-corrected chi connectivity index (χ4v) is 3.50. The number of nitrogens with one attached hydrogen (secondary N) is 1. The first-order valence-corrected chi connectivity index (χ1v) is 8.57. The third-order valence-electron chi connectivity index (χ3n) is 3.91. The summed E-state index contributed by atoms with van der Waals surface area (Å²) in [7, 11) is 1.63. The van der Waals surface area contributed by atoms with Crippen molar-refractivity contribution in [1.29, 1.82) is 0 Å². The Labute approximate surface area is 148 Å². The summed E-state index contributed by atoms with van der Waals surface area (Å²) in [6.45, 7) is 1.93. The van der Waals surface area contributed by atoms with Gasteiger partial charge in [-0.15, -0.1) is 0 Å². The summed E-state index contributed by atoms with van der Waals surface area (Å²) in [6, 6.07) is 15.1. The summed E-state index contributed by atoms with van der Waals surface area (Å²) >= 11 is 1.42. The summed E-state index contributed by atoms with van der Waals surface area (Å²) in [6.07, 6.45) is 0. The van der Waals surface area contributed by atoms with Gasteiger partial charge >= 0.3 is 0 Å². The van der Waals surface area contributed by atoms with Crippen LogP contribution in [-0.2, 0) is 0 Å². The van der Waals surface area contributed by atoms with E-state index < -0.39 is 0 Å². The average Bonchev–Trinajstić information content (AvgIpc) is 3.02. The molecule has 4 rings (SSSR count). The van der Waals surface area contributed by atoms with Crippen LogP contribution in [0.4, 0.5) is 5.13 Å². The molecule has 0 spiro atoms. The number of fused-ring (bicyclic) bond motifs is 2. The van der Waals surface area contributed by atoms with E-state index in [1.807, 2.05) is 43.3 Å². The SMILES string of the molecule is COc1ccc2nc(NC(=O)c3ccc4ccc(C)nc4c3)sc2c1. The first kappa shape index (κ1) is 15.5. The molecule has 2 heterocycles. The highest BCUT2D eigenvalue weighted by atomic mass is 32.1. The number of anilines is 1. The monoisotopic (exact) mass is 349 g/mol. The lowest BCUT2D eigenvalue weighted by Gasteiger charge is -2.04. The molecule has 4 aromatic rings. The van der Waals surface area contributed by atoms with Gasteiger partial charge in [0, 0.05) is 16.6 Å². The van der Waals surface area contributed by atoms with Crippen molar-refractivity contribution >= 4 is 43.5 Å². The number of hydrogen-bond acceptors (Lipinski definition) is 5. The lowest BCUT2D eigenvalue weighted by molar-refractivity contribution is 0.102. The number of benzene rings is 2. The number of methoxy groups -OCH3 is 1. The second kappa shape index (κ2) is 6.14.